The van der Waals surface area contributed by atoms with Crippen LogP contribution in [0.1, 0.15) is 55.6 Å². The molecule has 3 nitrogen and oxygen atoms in total. The maximum absolute atomic E-state index is 2.36. The molecule has 0 spiro atoms. The Morgan fingerprint density at radius 1 is 0.158 bits per heavy atom. The van der Waals surface area contributed by atoms with Crippen molar-refractivity contribution >= 4 is 191 Å². The van der Waals surface area contributed by atoms with E-state index in [2.05, 4.69) is 497 Å². The molecule has 7 aromatic heterocycles. The molecular weight excluding hydrogens is 1760 g/mol. The molecule has 0 aliphatic carbocycles. The second-order valence-electron chi connectivity index (χ2n) is 34.9. The van der Waals surface area contributed by atoms with Crippen molar-refractivity contribution in [3.8, 4) is 5.69 Å². The predicted molar refractivity (Wildman–Crippen MR) is 619 cm³/mol. The molecule has 0 saturated heterocycles. The third-order valence-electron chi connectivity index (χ3n) is 24.5. The monoisotopic (exact) mass is 1870 g/mol. The Bertz CT molecular complexity index is 8150. The van der Waals surface area contributed by atoms with E-state index < -0.39 is 0 Å². The van der Waals surface area contributed by atoms with E-state index in [1.807, 2.05) is 136 Å². The maximum atomic E-state index is 2.36. The lowest BCUT2D eigenvalue weighted by molar-refractivity contribution is 1.01. The second-order valence-corrected chi connectivity index (χ2v) is 39.2. The molecule has 0 fully saturated rings. The van der Waals surface area contributed by atoms with Gasteiger partial charge in [0.25, 0.3) is 0 Å². The van der Waals surface area contributed by atoms with E-state index in [-0.39, 0.29) is 0 Å². The van der Waals surface area contributed by atoms with Gasteiger partial charge in [-0.15, -0.1) is 45.3 Å². The van der Waals surface area contributed by atoms with Crippen molar-refractivity contribution in [2.45, 2.75) is 69.2 Å². The molecule has 7 heteroatoms. The van der Waals surface area contributed by atoms with Crippen LogP contribution in [0.5, 0.6) is 0 Å². The van der Waals surface area contributed by atoms with E-state index in [9.17, 15) is 0 Å². The summed E-state index contributed by atoms with van der Waals surface area (Å²) in [4.78, 5) is 0. The van der Waals surface area contributed by atoms with Gasteiger partial charge in [-0.1, -0.05) is 434 Å². The number of aromatic nitrogens is 3. The molecule has 684 valence electrons. The Labute approximate surface area is 834 Å². The first-order chi connectivity index (χ1) is 68.0. The molecule has 0 amide bonds. The van der Waals surface area contributed by atoms with Gasteiger partial charge in [0.15, 0.2) is 0 Å². The van der Waals surface area contributed by atoms with Crippen molar-refractivity contribution in [2.24, 2.45) is 14.1 Å². The van der Waals surface area contributed by atoms with E-state index in [4.69, 9.17) is 0 Å². The third-order valence-corrected chi connectivity index (χ3v) is 29.3. The lowest BCUT2D eigenvalue weighted by Gasteiger charge is -2.08. The van der Waals surface area contributed by atoms with Crippen LogP contribution in [-0.4, -0.2) is 13.7 Å². The van der Waals surface area contributed by atoms with Gasteiger partial charge in [0.2, 0.25) is 0 Å². The zero-order valence-electron chi connectivity index (χ0n) is 81.2. The van der Waals surface area contributed by atoms with E-state index in [1.54, 1.807) is 0 Å². The zero-order valence-corrected chi connectivity index (χ0v) is 84.5. The average Bonchev–Trinajstić information content (AvgIpc) is 1.58. The topological polar surface area (TPSA) is 14.8 Å². The molecule has 7 heterocycles. The molecule has 20 aromatic carbocycles. The van der Waals surface area contributed by atoms with Gasteiger partial charge in [-0.2, -0.15) is 0 Å². The average molecular weight is 1870 g/mol. The highest BCUT2D eigenvalue weighted by Crippen LogP contribution is 2.40. The molecule has 27 rings (SSSR count). The standard InChI is InChI=1S/C19H15N.2C13H11N.4C13H10S.5C7H8/c1-14-8-7-12-17-16-11-5-6-13-18(16)20(19(14)17)15-9-3-2-4-10-15;2*1-14-12-8-4-2-6-10(12)11-7-3-5-9-13(11)14;1-9-5-4-7-11-10-6-2-3-8-12(10)14-13(9)11;1-9-5-4-8-12-13(9)10-6-2-3-7-11(10)14-12;1-9-6-7-13-11(8-9)10-4-2-3-5-12(10)14-13;1-9-6-7-11-10-4-2-3-5-12(10)14-13(11)8-9;5*1-7-5-3-2-4-6-7/h2-13H,1H3;2*2-9H,1H3;4*2-8H,1H3;5*2-6H,1H3. The largest absolute Gasteiger partial charge is 0.344 e. The highest BCUT2D eigenvalue weighted by atomic mass is 32.1. The molecule has 0 radical (unpaired) electrons. The van der Waals surface area contributed by atoms with Crippen LogP contribution >= 0.6 is 45.3 Å². The van der Waals surface area contributed by atoms with Crippen LogP contribution in [0.3, 0.4) is 0 Å². The smallest absolute Gasteiger partial charge is 0.0570 e. The van der Waals surface area contributed by atoms with Crippen molar-refractivity contribution in [3.63, 3.8) is 0 Å². The second kappa shape index (κ2) is 47.4. The summed E-state index contributed by atoms with van der Waals surface area (Å²) in [5.74, 6) is 0. The quantitative estimate of drug-likeness (QED) is 0.156. The highest BCUT2D eigenvalue weighted by molar-refractivity contribution is 7.27. The van der Waals surface area contributed by atoms with E-state index >= 15 is 0 Å². The van der Waals surface area contributed by atoms with Crippen molar-refractivity contribution in [1.82, 2.24) is 13.7 Å². The Morgan fingerprint density at radius 3 is 0.863 bits per heavy atom. The SMILES string of the molecule is Cc1ccc2c(c1)sc1ccccc12.Cc1ccc2sc3ccccc3c2c1.Cc1cccc2c1sc1ccccc12.Cc1cccc2c3ccccc3n(-c3ccccc3)c12.Cc1cccc2sc3ccccc3c12.Cc1ccccc1.Cc1ccccc1.Cc1ccccc1.Cc1ccccc1.Cc1ccccc1.Cn1c2ccccc2c2ccccc21.Cn1c2ccccc2c2ccccc21. The number of nitrogens with zero attached hydrogens (tertiary/aromatic N) is 3. The number of aryl methyl sites for hydroxylation is 12. The summed E-state index contributed by atoms with van der Waals surface area (Å²) in [6, 6.07) is 172. The Morgan fingerprint density at radius 2 is 0.432 bits per heavy atom. The van der Waals surface area contributed by atoms with Crippen LogP contribution in [0.15, 0.2) is 491 Å². The Balaban J connectivity index is 0.000000111. The van der Waals surface area contributed by atoms with Gasteiger partial charge >= 0.3 is 0 Å². The maximum Gasteiger partial charge on any atom is 0.0570 e. The van der Waals surface area contributed by atoms with Gasteiger partial charge < -0.3 is 13.7 Å². The summed E-state index contributed by atoms with van der Waals surface area (Å²) in [6.07, 6.45) is 0. The normalized spacial score (nSPS) is 10.6. The molecule has 0 atom stereocenters. The fourth-order valence-corrected chi connectivity index (χ4v) is 22.1. The van der Waals surface area contributed by atoms with E-state index in [0.29, 0.717) is 0 Å². The number of thiophene rings is 4. The predicted octanol–water partition coefficient (Wildman–Crippen LogP) is 39.2. The molecular formula is C132H117N3S4. The number of rotatable bonds is 1. The van der Waals surface area contributed by atoms with Crippen LogP contribution in [0, 0.1) is 69.2 Å². The van der Waals surface area contributed by atoms with Gasteiger partial charge in [-0.05, 0) is 182 Å². The minimum Gasteiger partial charge on any atom is -0.344 e. The van der Waals surface area contributed by atoms with Gasteiger partial charge in [0.1, 0.15) is 0 Å². The molecule has 0 saturated carbocycles. The molecule has 0 bridgehead atoms. The van der Waals surface area contributed by atoms with E-state index in [1.165, 1.54) is 207 Å². The molecule has 27 aromatic rings. The minimum atomic E-state index is 1.22. The van der Waals surface area contributed by atoms with Crippen LogP contribution in [-0.2, 0) is 14.1 Å². The number of hydrogen-bond donors (Lipinski definition) is 0. The molecule has 139 heavy (non-hydrogen) atoms. The number of para-hydroxylation sites is 7. The summed E-state index contributed by atoms with van der Waals surface area (Å²) in [6.45, 7) is 21.2. The Hall–Kier alpha value is -15.3. The summed E-state index contributed by atoms with van der Waals surface area (Å²) in [7, 11) is 4.23. The molecule has 0 aliphatic heterocycles. The summed E-state index contributed by atoms with van der Waals surface area (Å²) in [5, 5.41) is 19.1. The summed E-state index contributed by atoms with van der Waals surface area (Å²) < 4.78 is 18.0. The van der Waals surface area contributed by atoms with Crippen LogP contribution in [0.4, 0.5) is 0 Å². The Kier molecular flexibility index (Phi) is 33.0. The summed E-state index contributed by atoms with van der Waals surface area (Å²) in [5.41, 5.74) is 22.3. The molecule has 0 aliphatic rings. The first-order valence-corrected chi connectivity index (χ1v) is 50.7. The van der Waals surface area contributed by atoms with Crippen molar-refractivity contribution in [1.29, 1.82) is 0 Å². The van der Waals surface area contributed by atoms with Gasteiger partial charge in [-0.25, -0.2) is 0 Å². The lowest BCUT2D eigenvalue weighted by atomic mass is 10.1. The van der Waals surface area contributed by atoms with Gasteiger partial charge in [0, 0.05) is 155 Å². The number of benzene rings is 20. The lowest BCUT2D eigenvalue weighted by Crippen LogP contribution is -1.94. The highest BCUT2D eigenvalue weighted by Gasteiger charge is 2.15. The fraction of sp³-hybridized carbons (Fsp3) is 0.0909. The minimum absolute atomic E-state index is 1.22. The first kappa shape index (κ1) is 96.8. The first-order valence-electron chi connectivity index (χ1n) is 47.5. The summed E-state index contributed by atoms with van der Waals surface area (Å²) >= 11 is 7.51. The van der Waals surface area contributed by atoms with Gasteiger partial charge in [0.05, 0.1) is 11.0 Å². The molecule has 0 unspecified atom stereocenters. The number of hydrogen-bond acceptors (Lipinski definition) is 4. The number of fused-ring (bicyclic) bond motifs is 21. The zero-order chi connectivity index (χ0) is 96.4. The van der Waals surface area contributed by atoms with Crippen molar-refractivity contribution in [3.05, 3.63) is 547 Å². The van der Waals surface area contributed by atoms with Crippen molar-refractivity contribution in [2.75, 3.05) is 0 Å². The third kappa shape index (κ3) is 24.2. The van der Waals surface area contributed by atoms with Crippen LogP contribution in [0.2, 0.25) is 0 Å². The fourth-order valence-electron chi connectivity index (χ4n) is 17.5. The molecule has 0 N–H and O–H groups in total. The van der Waals surface area contributed by atoms with Crippen molar-refractivity contribution < 1.29 is 0 Å². The van der Waals surface area contributed by atoms with E-state index in [0.717, 1.165) is 0 Å². The van der Waals surface area contributed by atoms with Crippen LogP contribution < -0.4 is 0 Å². The van der Waals surface area contributed by atoms with Gasteiger partial charge in [-0.3, -0.25) is 0 Å². The van der Waals surface area contributed by atoms with Crippen LogP contribution in [0.25, 0.3) is 152 Å².